The van der Waals surface area contributed by atoms with Crippen LogP contribution >= 0.6 is 23.2 Å². The Morgan fingerprint density at radius 2 is 2.05 bits per heavy atom. The summed E-state index contributed by atoms with van der Waals surface area (Å²) in [6.45, 7) is 2.57. The Morgan fingerprint density at radius 1 is 1.25 bits per heavy atom. The Morgan fingerprint density at radius 3 is 2.80 bits per heavy atom. The molecule has 0 aliphatic heterocycles. The van der Waals surface area contributed by atoms with Crippen LogP contribution in [0.2, 0.25) is 10.2 Å². The average molecular weight is 317 g/mol. The maximum Gasteiger partial charge on any atom is 0.224 e. The number of nitrogens with zero attached hydrogens (tertiary/aromatic N) is 2. The van der Waals surface area contributed by atoms with E-state index in [0.717, 1.165) is 0 Å². The molecule has 1 aromatic carbocycles. The monoisotopic (exact) mass is 316 g/mol. The Balaban J connectivity index is 2.24. The number of rotatable bonds is 5. The van der Waals surface area contributed by atoms with Crippen LogP contribution in [0, 0.1) is 5.82 Å². The fraction of sp³-hybridized carbons (Fsp3) is 0.231. The van der Waals surface area contributed by atoms with E-state index < -0.39 is 5.82 Å². The van der Waals surface area contributed by atoms with Crippen LogP contribution in [0.5, 0.6) is 11.6 Å². The first kappa shape index (κ1) is 15.0. The average Bonchev–Trinajstić information content (AvgIpc) is 2.41. The summed E-state index contributed by atoms with van der Waals surface area (Å²) in [6, 6.07) is 5.83. The Kier molecular flexibility index (Phi) is 5.11. The fourth-order valence-corrected chi connectivity index (χ4v) is 1.78. The molecule has 2 rings (SSSR count). The maximum absolute atomic E-state index is 13.7. The van der Waals surface area contributed by atoms with E-state index in [4.69, 9.17) is 32.7 Å². The molecule has 0 saturated heterocycles. The molecule has 7 heteroatoms. The molecule has 0 fully saturated rings. The van der Waals surface area contributed by atoms with Gasteiger partial charge in [0.15, 0.2) is 17.4 Å². The molecule has 0 saturated carbocycles. The van der Waals surface area contributed by atoms with Crippen molar-refractivity contribution >= 4 is 23.2 Å². The molecular weight excluding hydrogens is 306 g/mol. The van der Waals surface area contributed by atoms with E-state index in [2.05, 4.69) is 9.97 Å². The summed E-state index contributed by atoms with van der Waals surface area (Å²) in [5.74, 6) is -0.206. The molecule has 20 heavy (non-hydrogen) atoms. The van der Waals surface area contributed by atoms with Gasteiger partial charge < -0.3 is 9.47 Å². The molecule has 0 aliphatic carbocycles. The normalized spacial score (nSPS) is 10.6. The first-order valence-electron chi connectivity index (χ1n) is 5.83. The van der Waals surface area contributed by atoms with Crippen LogP contribution in [0.1, 0.15) is 12.7 Å². The first-order valence-corrected chi connectivity index (χ1v) is 6.58. The second-order valence-corrected chi connectivity index (χ2v) is 4.53. The Bertz CT molecular complexity index is 611. The summed E-state index contributed by atoms with van der Waals surface area (Å²) in [4.78, 5) is 8.07. The second kappa shape index (κ2) is 6.83. The van der Waals surface area contributed by atoms with Crippen molar-refractivity contribution in [3.05, 3.63) is 46.1 Å². The van der Waals surface area contributed by atoms with E-state index in [1.54, 1.807) is 6.07 Å². The standard InChI is InChI=1S/C13H11Cl2FN2O2/c1-2-19-7-11-17-10(15)6-12(18-11)20-9-5-3-4-8(14)13(9)16/h3-6H,2,7H2,1H3. The maximum atomic E-state index is 13.7. The van der Waals surface area contributed by atoms with Gasteiger partial charge in [0.25, 0.3) is 0 Å². The van der Waals surface area contributed by atoms with Crippen LogP contribution in [0.4, 0.5) is 4.39 Å². The number of aromatic nitrogens is 2. The lowest BCUT2D eigenvalue weighted by atomic mass is 10.3. The molecule has 1 aromatic heterocycles. The highest BCUT2D eigenvalue weighted by molar-refractivity contribution is 6.30. The third-order valence-corrected chi connectivity index (χ3v) is 2.77. The van der Waals surface area contributed by atoms with Gasteiger partial charge in [-0.15, -0.1) is 0 Å². The third-order valence-electron chi connectivity index (χ3n) is 2.28. The number of ether oxygens (including phenoxy) is 2. The van der Waals surface area contributed by atoms with Crippen molar-refractivity contribution in [1.29, 1.82) is 0 Å². The summed E-state index contributed by atoms with van der Waals surface area (Å²) in [5.41, 5.74) is 0. The molecule has 0 N–H and O–H groups in total. The smallest absolute Gasteiger partial charge is 0.224 e. The van der Waals surface area contributed by atoms with Gasteiger partial charge in [0, 0.05) is 12.7 Å². The van der Waals surface area contributed by atoms with Crippen molar-refractivity contribution in [2.24, 2.45) is 0 Å². The largest absolute Gasteiger partial charge is 0.436 e. The fourth-order valence-electron chi connectivity index (χ4n) is 1.43. The summed E-state index contributed by atoms with van der Waals surface area (Å²) in [7, 11) is 0. The second-order valence-electron chi connectivity index (χ2n) is 3.74. The van der Waals surface area contributed by atoms with E-state index in [1.807, 2.05) is 6.92 Å². The molecule has 0 amide bonds. The summed E-state index contributed by atoms with van der Waals surface area (Å²) in [5, 5.41) is 0.157. The number of benzene rings is 1. The highest BCUT2D eigenvalue weighted by Gasteiger charge is 2.11. The minimum absolute atomic E-state index is 0.0304. The molecule has 0 aliphatic rings. The van der Waals surface area contributed by atoms with Crippen LogP contribution in [-0.4, -0.2) is 16.6 Å². The van der Waals surface area contributed by atoms with Crippen LogP contribution in [0.25, 0.3) is 0 Å². The van der Waals surface area contributed by atoms with E-state index in [-0.39, 0.29) is 28.4 Å². The summed E-state index contributed by atoms with van der Waals surface area (Å²) >= 11 is 11.5. The molecule has 0 bridgehead atoms. The summed E-state index contributed by atoms with van der Waals surface area (Å²) < 4.78 is 24.3. The zero-order valence-corrected chi connectivity index (χ0v) is 12.1. The molecule has 0 atom stereocenters. The summed E-state index contributed by atoms with van der Waals surface area (Å²) in [6.07, 6.45) is 0. The van der Waals surface area contributed by atoms with E-state index in [1.165, 1.54) is 18.2 Å². The van der Waals surface area contributed by atoms with Gasteiger partial charge in [0.2, 0.25) is 5.88 Å². The first-order chi connectivity index (χ1) is 9.60. The van der Waals surface area contributed by atoms with Gasteiger partial charge in [0.05, 0.1) is 5.02 Å². The topological polar surface area (TPSA) is 44.2 Å². The van der Waals surface area contributed by atoms with Gasteiger partial charge in [-0.05, 0) is 19.1 Å². The van der Waals surface area contributed by atoms with E-state index in [9.17, 15) is 4.39 Å². The van der Waals surface area contributed by atoms with Crippen LogP contribution in [0.15, 0.2) is 24.3 Å². The Hall–Kier alpha value is -1.43. The van der Waals surface area contributed by atoms with Gasteiger partial charge in [-0.25, -0.2) is 9.37 Å². The van der Waals surface area contributed by atoms with Crippen molar-refractivity contribution in [2.75, 3.05) is 6.61 Å². The molecular formula is C13H11Cl2FN2O2. The van der Waals surface area contributed by atoms with Crippen molar-refractivity contribution in [3.63, 3.8) is 0 Å². The predicted octanol–water partition coefficient (Wildman–Crippen LogP) is 4.25. The zero-order valence-electron chi connectivity index (χ0n) is 10.6. The van der Waals surface area contributed by atoms with Crippen molar-refractivity contribution in [3.8, 4) is 11.6 Å². The minimum atomic E-state index is -0.657. The van der Waals surface area contributed by atoms with Crippen LogP contribution in [0.3, 0.4) is 0 Å². The molecule has 0 radical (unpaired) electrons. The van der Waals surface area contributed by atoms with Crippen molar-refractivity contribution in [2.45, 2.75) is 13.5 Å². The van der Waals surface area contributed by atoms with Gasteiger partial charge in [-0.2, -0.15) is 4.98 Å². The number of hydrogen-bond donors (Lipinski definition) is 0. The lowest BCUT2D eigenvalue weighted by Gasteiger charge is -2.08. The van der Waals surface area contributed by atoms with Crippen molar-refractivity contribution < 1.29 is 13.9 Å². The minimum Gasteiger partial charge on any atom is -0.436 e. The van der Waals surface area contributed by atoms with Crippen LogP contribution < -0.4 is 4.74 Å². The molecule has 0 spiro atoms. The number of halogens is 3. The van der Waals surface area contributed by atoms with E-state index in [0.29, 0.717) is 12.4 Å². The number of hydrogen-bond acceptors (Lipinski definition) is 4. The molecule has 2 aromatic rings. The molecule has 0 unspecified atom stereocenters. The SMILES string of the molecule is CCOCc1nc(Cl)cc(Oc2cccc(Cl)c2F)n1. The van der Waals surface area contributed by atoms with E-state index >= 15 is 0 Å². The van der Waals surface area contributed by atoms with Gasteiger partial charge in [0.1, 0.15) is 11.8 Å². The highest BCUT2D eigenvalue weighted by atomic mass is 35.5. The highest BCUT2D eigenvalue weighted by Crippen LogP contribution is 2.28. The van der Waals surface area contributed by atoms with Crippen molar-refractivity contribution in [1.82, 2.24) is 9.97 Å². The zero-order chi connectivity index (χ0) is 14.5. The lowest BCUT2D eigenvalue weighted by Crippen LogP contribution is -2.01. The molecule has 4 nitrogen and oxygen atoms in total. The lowest BCUT2D eigenvalue weighted by molar-refractivity contribution is 0.127. The predicted molar refractivity (Wildman–Crippen MR) is 73.9 cm³/mol. The van der Waals surface area contributed by atoms with Gasteiger partial charge in [-0.1, -0.05) is 29.3 Å². The Labute approximate surface area is 125 Å². The van der Waals surface area contributed by atoms with Crippen LogP contribution in [-0.2, 0) is 11.3 Å². The quantitative estimate of drug-likeness (QED) is 0.773. The van der Waals surface area contributed by atoms with Gasteiger partial charge in [-0.3, -0.25) is 0 Å². The molecule has 1 heterocycles. The van der Waals surface area contributed by atoms with Gasteiger partial charge >= 0.3 is 0 Å². The third kappa shape index (κ3) is 3.79. The molecule has 106 valence electrons.